The number of amides is 1. The second-order valence-electron chi connectivity index (χ2n) is 7.31. The van der Waals surface area contributed by atoms with Crippen LogP contribution in [-0.4, -0.2) is 38.7 Å². The van der Waals surface area contributed by atoms with Crippen LogP contribution >= 0.6 is 11.8 Å². The quantitative estimate of drug-likeness (QED) is 0.534. The van der Waals surface area contributed by atoms with Gasteiger partial charge in [0.1, 0.15) is 0 Å². The highest BCUT2D eigenvalue weighted by Gasteiger charge is 2.24. The van der Waals surface area contributed by atoms with Crippen molar-refractivity contribution in [2.45, 2.75) is 50.2 Å². The summed E-state index contributed by atoms with van der Waals surface area (Å²) in [5.41, 5.74) is 3.11. The minimum atomic E-state index is 0.228. The molecule has 4 rings (SSSR count). The summed E-state index contributed by atoms with van der Waals surface area (Å²) in [5.74, 6) is 0.659. The van der Waals surface area contributed by atoms with E-state index in [0.29, 0.717) is 11.8 Å². The first-order chi connectivity index (χ1) is 13.8. The van der Waals surface area contributed by atoms with Crippen molar-refractivity contribution in [3.05, 3.63) is 54.6 Å². The average Bonchev–Trinajstić information content (AvgIpc) is 3.12. The fourth-order valence-corrected chi connectivity index (χ4v) is 5.08. The van der Waals surface area contributed by atoms with E-state index in [4.69, 9.17) is 4.98 Å². The number of carbonyl (C=O) groups is 1. The summed E-state index contributed by atoms with van der Waals surface area (Å²) in [7, 11) is 0. The molecule has 28 heavy (non-hydrogen) atoms. The average molecular weight is 394 g/mol. The van der Waals surface area contributed by atoms with E-state index in [1.54, 1.807) is 11.8 Å². The first-order valence-corrected chi connectivity index (χ1v) is 11.2. The molecule has 1 fully saturated rings. The molecular formula is C23H27N3OS. The van der Waals surface area contributed by atoms with Gasteiger partial charge in [-0.1, -0.05) is 61.4 Å². The molecule has 4 nitrogen and oxygen atoms in total. The SMILES string of the molecule is CCN(C(=O)CSc1nc2ccccc2n1-c1ccccc1)C1CCCCC1. The number of nitrogens with zero attached hydrogens (tertiary/aromatic N) is 3. The normalized spacial score (nSPS) is 15.0. The lowest BCUT2D eigenvalue weighted by molar-refractivity contribution is -0.131. The molecule has 1 heterocycles. The van der Waals surface area contributed by atoms with Crippen molar-refractivity contribution in [1.82, 2.24) is 14.5 Å². The Kier molecular flexibility index (Phi) is 6.01. The van der Waals surface area contributed by atoms with Crippen LogP contribution in [0.2, 0.25) is 0 Å². The van der Waals surface area contributed by atoms with Gasteiger partial charge in [-0.25, -0.2) is 4.98 Å². The molecule has 1 amide bonds. The second-order valence-corrected chi connectivity index (χ2v) is 8.26. The maximum absolute atomic E-state index is 13.0. The van der Waals surface area contributed by atoms with Gasteiger partial charge in [-0.05, 0) is 44.0 Å². The summed E-state index contributed by atoms with van der Waals surface area (Å²) in [6.07, 6.45) is 6.08. The van der Waals surface area contributed by atoms with Gasteiger partial charge < -0.3 is 4.90 Å². The van der Waals surface area contributed by atoms with Gasteiger partial charge in [0.15, 0.2) is 5.16 Å². The lowest BCUT2D eigenvalue weighted by Gasteiger charge is -2.33. The third kappa shape index (κ3) is 3.95. The van der Waals surface area contributed by atoms with E-state index in [1.807, 2.05) is 36.4 Å². The zero-order chi connectivity index (χ0) is 19.3. The smallest absolute Gasteiger partial charge is 0.233 e. The monoisotopic (exact) mass is 393 g/mol. The molecular weight excluding hydrogens is 366 g/mol. The number of hydrogen-bond donors (Lipinski definition) is 0. The zero-order valence-corrected chi connectivity index (χ0v) is 17.2. The van der Waals surface area contributed by atoms with Gasteiger partial charge in [0.2, 0.25) is 5.91 Å². The molecule has 5 heteroatoms. The molecule has 1 aliphatic carbocycles. The minimum Gasteiger partial charge on any atom is -0.339 e. The fourth-order valence-electron chi connectivity index (χ4n) is 4.17. The maximum atomic E-state index is 13.0. The first kappa shape index (κ1) is 19.1. The topological polar surface area (TPSA) is 38.1 Å². The highest BCUT2D eigenvalue weighted by atomic mass is 32.2. The predicted molar refractivity (Wildman–Crippen MR) is 116 cm³/mol. The number of para-hydroxylation sites is 3. The van der Waals surface area contributed by atoms with Crippen LogP contribution in [0.5, 0.6) is 0 Å². The molecule has 146 valence electrons. The number of rotatable bonds is 6. The van der Waals surface area contributed by atoms with Crippen LogP contribution in [0.15, 0.2) is 59.8 Å². The van der Waals surface area contributed by atoms with E-state index < -0.39 is 0 Å². The number of thioether (sulfide) groups is 1. The van der Waals surface area contributed by atoms with Gasteiger partial charge in [0.25, 0.3) is 0 Å². The van der Waals surface area contributed by atoms with Crippen molar-refractivity contribution in [2.24, 2.45) is 0 Å². The largest absolute Gasteiger partial charge is 0.339 e. The Bertz CT molecular complexity index is 931. The Morgan fingerprint density at radius 1 is 1.07 bits per heavy atom. The van der Waals surface area contributed by atoms with Gasteiger partial charge in [0, 0.05) is 18.3 Å². The standard InChI is InChI=1S/C23H27N3OS/c1-2-25(18-11-5-3-6-12-18)22(27)17-28-23-24-20-15-9-10-16-21(20)26(23)19-13-7-4-8-14-19/h4,7-10,13-16,18H,2-3,5-6,11-12,17H2,1H3. The van der Waals surface area contributed by atoms with Gasteiger partial charge in [0.05, 0.1) is 16.8 Å². The van der Waals surface area contributed by atoms with E-state index in [9.17, 15) is 4.79 Å². The molecule has 0 radical (unpaired) electrons. The molecule has 1 saturated carbocycles. The summed E-state index contributed by atoms with van der Waals surface area (Å²) >= 11 is 1.54. The van der Waals surface area contributed by atoms with Crippen LogP contribution in [0.3, 0.4) is 0 Å². The molecule has 0 N–H and O–H groups in total. The summed E-state index contributed by atoms with van der Waals surface area (Å²) in [5, 5.41) is 0.875. The fraction of sp³-hybridized carbons (Fsp3) is 0.391. The molecule has 3 aromatic rings. The molecule has 0 bridgehead atoms. The Morgan fingerprint density at radius 2 is 1.79 bits per heavy atom. The lowest BCUT2D eigenvalue weighted by Crippen LogP contribution is -2.42. The molecule has 1 aliphatic rings. The van der Waals surface area contributed by atoms with Crippen molar-refractivity contribution in [1.29, 1.82) is 0 Å². The van der Waals surface area contributed by atoms with Crippen molar-refractivity contribution in [3.8, 4) is 5.69 Å². The highest BCUT2D eigenvalue weighted by molar-refractivity contribution is 7.99. The summed E-state index contributed by atoms with van der Waals surface area (Å²) in [6, 6.07) is 18.8. The Labute approximate surface area is 170 Å². The van der Waals surface area contributed by atoms with E-state index in [1.165, 1.54) is 19.3 Å². The first-order valence-electron chi connectivity index (χ1n) is 10.2. The summed E-state index contributed by atoms with van der Waals surface area (Å²) < 4.78 is 2.16. The molecule has 0 saturated heterocycles. The van der Waals surface area contributed by atoms with E-state index in [-0.39, 0.29) is 5.91 Å². The van der Waals surface area contributed by atoms with E-state index in [0.717, 1.165) is 41.3 Å². The van der Waals surface area contributed by atoms with Crippen LogP contribution in [-0.2, 0) is 4.79 Å². The van der Waals surface area contributed by atoms with Gasteiger partial charge in [-0.3, -0.25) is 9.36 Å². The van der Waals surface area contributed by atoms with Crippen molar-refractivity contribution in [2.75, 3.05) is 12.3 Å². The zero-order valence-electron chi connectivity index (χ0n) is 16.4. The Balaban J connectivity index is 1.57. The second kappa shape index (κ2) is 8.82. The van der Waals surface area contributed by atoms with Crippen LogP contribution in [0, 0.1) is 0 Å². The molecule has 0 aliphatic heterocycles. The molecule has 0 atom stereocenters. The van der Waals surface area contributed by atoms with Gasteiger partial charge >= 0.3 is 0 Å². The molecule has 2 aromatic carbocycles. The number of fused-ring (bicyclic) bond motifs is 1. The highest BCUT2D eigenvalue weighted by Crippen LogP contribution is 2.29. The Hall–Kier alpha value is -2.27. The van der Waals surface area contributed by atoms with Crippen molar-refractivity contribution >= 4 is 28.7 Å². The van der Waals surface area contributed by atoms with Crippen molar-refractivity contribution in [3.63, 3.8) is 0 Å². The maximum Gasteiger partial charge on any atom is 0.233 e. The van der Waals surface area contributed by atoms with E-state index >= 15 is 0 Å². The van der Waals surface area contributed by atoms with Crippen LogP contribution in [0.25, 0.3) is 16.7 Å². The lowest BCUT2D eigenvalue weighted by atomic mass is 9.94. The van der Waals surface area contributed by atoms with Crippen LogP contribution < -0.4 is 0 Å². The van der Waals surface area contributed by atoms with Crippen molar-refractivity contribution < 1.29 is 4.79 Å². The molecule has 0 unspecified atom stereocenters. The number of benzene rings is 2. The van der Waals surface area contributed by atoms with Crippen LogP contribution in [0.4, 0.5) is 0 Å². The van der Waals surface area contributed by atoms with E-state index in [2.05, 4.69) is 34.6 Å². The van der Waals surface area contributed by atoms with Gasteiger partial charge in [-0.2, -0.15) is 0 Å². The number of aromatic nitrogens is 2. The number of imidazole rings is 1. The predicted octanol–water partition coefficient (Wildman–Crippen LogP) is 5.30. The molecule has 0 spiro atoms. The molecule has 1 aromatic heterocycles. The van der Waals surface area contributed by atoms with Crippen LogP contribution in [0.1, 0.15) is 39.0 Å². The third-order valence-corrected chi connectivity index (χ3v) is 6.47. The summed E-state index contributed by atoms with van der Waals surface area (Å²) in [6.45, 7) is 2.88. The number of carbonyl (C=O) groups excluding carboxylic acids is 1. The Morgan fingerprint density at radius 3 is 2.54 bits per heavy atom. The summed E-state index contributed by atoms with van der Waals surface area (Å²) in [4.78, 5) is 19.9. The minimum absolute atomic E-state index is 0.228. The van der Waals surface area contributed by atoms with Gasteiger partial charge in [-0.15, -0.1) is 0 Å². The number of hydrogen-bond acceptors (Lipinski definition) is 3. The third-order valence-electron chi connectivity index (χ3n) is 5.55.